The highest BCUT2D eigenvalue weighted by Crippen LogP contribution is 2.35. The van der Waals surface area contributed by atoms with E-state index in [1.54, 1.807) is 32.4 Å². The van der Waals surface area contributed by atoms with Crippen molar-refractivity contribution >= 4 is 34.0 Å². The Morgan fingerprint density at radius 2 is 2.12 bits per heavy atom. The lowest BCUT2D eigenvalue weighted by Crippen LogP contribution is -2.21. The van der Waals surface area contributed by atoms with Crippen LogP contribution in [0.5, 0.6) is 0 Å². The Morgan fingerprint density at radius 1 is 1.38 bits per heavy atom. The van der Waals surface area contributed by atoms with Crippen LogP contribution in [0.2, 0.25) is 0 Å². The molecule has 0 radical (unpaired) electrons. The first kappa shape index (κ1) is 25.2. The van der Waals surface area contributed by atoms with Crippen molar-refractivity contribution < 1.29 is 9.18 Å². The lowest BCUT2D eigenvalue weighted by atomic mass is 9.96. The second kappa shape index (κ2) is 10.7. The van der Waals surface area contributed by atoms with Gasteiger partial charge in [0.25, 0.3) is 0 Å². The number of carbonyl (C=O) groups excluding carboxylic acids is 1. The van der Waals surface area contributed by atoms with Crippen molar-refractivity contribution in [2.45, 2.75) is 39.1 Å². The van der Waals surface area contributed by atoms with Gasteiger partial charge < -0.3 is 15.2 Å². The molecule has 7 heteroatoms. The van der Waals surface area contributed by atoms with Crippen molar-refractivity contribution in [3.8, 4) is 0 Å². The lowest BCUT2D eigenvalue weighted by molar-refractivity contribution is 0.100. The minimum atomic E-state index is -0.430. The van der Waals surface area contributed by atoms with E-state index in [1.165, 1.54) is 13.0 Å². The molecule has 0 amide bonds. The lowest BCUT2D eigenvalue weighted by Gasteiger charge is -2.24. The van der Waals surface area contributed by atoms with Crippen LogP contribution in [0, 0.1) is 12.7 Å². The first-order valence-electron chi connectivity index (χ1n) is 11.0. The van der Waals surface area contributed by atoms with E-state index < -0.39 is 5.82 Å². The van der Waals surface area contributed by atoms with Gasteiger partial charge in [-0.05, 0) is 49.0 Å². The zero-order valence-corrected chi connectivity index (χ0v) is 20.8. The number of halogens is 2. The van der Waals surface area contributed by atoms with Crippen molar-refractivity contribution in [1.82, 2.24) is 20.2 Å². The number of hydrogen-bond donors (Lipinski definition) is 2. The SMILES string of the molecule is C=CNC1=C(C)C=C(Cn2c(C(C)=O)c(/C(C=C)=C/C=C\NC)c3nc(C)c(F)cc32)C(Cl)C1. The van der Waals surface area contributed by atoms with E-state index in [0.29, 0.717) is 40.8 Å². The summed E-state index contributed by atoms with van der Waals surface area (Å²) in [7, 11) is 1.80. The summed E-state index contributed by atoms with van der Waals surface area (Å²) in [5.74, 6) is -0.582. The van der Waals surface area contributed by atoms with E-state index in [2.05, 4.69) is 28.8 Å². The average Bonchev–Trinajstić information content (AvgIpc) is 3.08. The van der Waals surface area contributed by atoms with Crippen LogP contribution in [0.25, 0.3) is 16.6 Å². The quantitative estimate of drug-likeness (QED) is 0.265. The molecule has 0 spiro atoms. The monoisotopic (exact) mass is 480 g/mol. The number of ketones is 1. The number of nitrogens with zero attached hydrogens (tertiary/aromatic N) is 2. The third kappa shape index (κ3) is 4.92. The van der Waals surface area contributed by atoms with Crippen molar-refractivity contribution in [2.24, 2.45) is 0 Å². The van der Waals surface area contributed by atoms with Gasteiger partial charge in [-0.1, -0.05) is 31.4 Å². The van der Waals surface area contributed by atoms with E-state index in [9.17, 15) is 9.18 Å². The highest BCUT2D eigenvalue weighted by molar-refractivity contribution is 6.22. The van der Waals surface area contributed by atoms with Crippen molar-refractivity contribution in [2.75, 3.05) is 7.05 Å². The zero-order valence-electron chi connectivity index (χ0n) is 20.0. The van der Waals surface area contributed by atoms with Crippen molar-refractivity contribution in [1.29, 1.82) is 0 Å². The standard InChI is InChI=1S/C27H30ClFN4O/c1-7-19(10-9-11-30-6)25-26-24(14-22(29)17(4)32-26)33(27(25)18(5)34)15-20-12-16(3)23(31-8-2)13-21(20)28/h7-12,14,21,30-31H,1-2,13,15H2,3-6H3/b11-9-,19-10+. The zero-order chi connectivity index (χ0) is 25.0. The van der Waals surface area contributed by atoms with E-state index in [1.807, 2.05) is 29.7 Å². The number of fused-ring (bicyclic) bond motifs is 1. The Morgan fingerprint density at radius 3 is 2.74 bits per heavy atom. The highest BCUT2D eigenvalue weighted by atomic mass is 35.5. The number of alkyl halides is 1. The maximum Gasteiger partial charge on any atom is 0.176 e. The average molecular weight is 481 g/mol. The van der Waals surface area contributed by atoms with E-state index >= 15 is 0 Å². The predicted molar refractivity (Wildman–Crippen MR) is 139 cm³/mol. The van der Waals surface area contributed by atoms with E-state index in [-0.39, 0.29) is 16.9 Å². The van der Waals surface area contributed by atoms with Gasteiger partial charge in [-0.15, -0.1) is 11.6 Å². The van der Waals surface area contributed by atoms with Crippen LogP contribution < -0.4 is 10.6 Å². The molecule has 0 saturated heterocycles. The summed E-state index contributed by atoms with van der Waals surface area (Å²) in [4.78, 5) is 17.5. The van der Waals surface area contributed by atoms with Gasteiger partial charge >= 0.3 is 0 Å². The molecule has 1 unspecified atom stereocenters. The molecule has 2 aromatic rings. The second-order valence-corrected chi connectivity index (χ2v) is 8.69. The number of aromatic nitrogens is 2. The molecule has 2 heterocycles. The molecular weight excluding hydrogens is 451 g/mol. The summed E-state index contributed by atoms with van der Waals surface area (Å²) in [6, 6.07) is 1.44. The van der Waals surface area contributed by atoms with E-state index in [0.717, 1.165) is 16.8 Å². The minimum absolute atomic E-state index is 0.153. The molecule has 0 fully saturated rings. The molecule has 1 aliphatic rings. The molecule has 0 aliphatic heterocycles. The molecular formula is C27H30ClFN4O. The van der Waals surface area contributed by atoms with Crippen LogP contribution in [0.15, 0.2) is 72.8 Å². The number of rotatable bonds is 9. The largest absolute Gasteiger partial charge is 0.394 e. The molecule has 3 rings (SSSR count). The molecule has 178 valence electrons. The van der Waals surface area contributed by atoms with Gasteiger partial charge in [0, 0.05) is 44.3 Å². The predicted octanol–water partition coefficient (Wildman–Crippen LogP) is 5.93. The van der Waals surface area contributed by atoms with Gasteiger partial charge in [0.2, 0.25) is 0 Å². The summed E-state index contributed by atoms with van der Waals surface area (Å²) in [5, 5.41) is 5.78. The first-order chi connectivity index (χ1) is 16.2. The maximum absolute atomic E-state index is 14.7. The molecule has 0 aromatic carbocycles. The second-order valence-electron chi connectivity index (χ2n) is 8.16. The fraction of sp³-hybridized carbons (Fsp3) is 0.259. The number of pyridine rings is 1. The van der Waals surface area contributed by atoms with Gasteiger partial charge in [0.1, 0.15) is 5.82 Å². The number of hydrogen-bond acceptors (Lipinski definition) is 4. The fourth-order valence-electron chi connectivity index (χ4n) is 4.18. The van der Waals surface area contributed by atoms with Gasteiger partial charge in [-0.25, -0.2) is 9.37 Å². The Balaban J connectivity index is 2.30. The summed E-state index contributed by atoms with van der Waals surface area (Å²) in [6.07, 6.45) is 11.4. The van der Waals surface area contributed by atoms with Crippen molar-refractivity contribution in [3.05, 3.63) is 95.5 Å². The molecule has 5 nitrogen and oxygen atoms in total. The molecule has 0 saturated carbocycles. The molecule has 1 aliphatic carbocycles. The Kier molecular flexibility index (Phi) is 7.94. The van der Waals surface area contributed by atoms with Gasteiger partial charge in [-0.2, -0.15) is 0 Å². The van der Waals surface area contributed by atoms with Gasteiger partial charge in [0.05, 0.1) is 27.8 Å². The third-order valence-electron chi connectivity index (χ3n) is 5.83. The Bertz CT molecular complexity index is 1280. The third-order valence-corrected chi connectivity index (χ3v) is 6.26. The Labute approximate surface area is 205 Å². The summed E-state index contributed by atoms with van der Waals surface area (Å²) in [6.45, 7) is 13.1. The fourth-order valence-corrected chi connectivity index (χ4v) is 4.47. The minimum Gasteiger partial charge on any atom is -0.394 e. The smallest absolute Gasteiger partial charge is 0.176 e. The number of Topliss-reactive ketones (excluding diaryl/α,β-unsaturated/α-hetero) is 1. The Hall–Kier alpha value is -3.38. The van der Waals surface area contributed by atoms with Crippen LogP contribution >= 0.6 is 11.6 Å². The summed E-state index contributed by atoms with van der Waals surface area (Å²) >= 11 is 6.74. The number of carbonyl (C=O) groups is 1. The van der Waals surface area contributed by atoms with E-state index in [4.69, 9.17) is 11.6 Å². The van der Waals surface area contributed by atoms with Crippen LogP contribution in [0.4, 0.5) is 4.39 Å². The summed E-state index contributed by atoms with van der Waals surface area (Å²) < 4.78 is 16.5. The van der Waals surface area contributed by atoms with Crippen LogP contribution in [-0.2, 0) is 6.54 Å². The maximum atomic E-state index is 14.7. The number of nitrogens with one attached hydrogen (secondary N) is 2. The molecule has 2 aromatic heterocycles. The van der Waals surface area contributed by atoms with Crippen LogP contribution in [0.3, 0.4) is 0 Å². The molecule has 1 atom stereocenters. The normalized spacial score (nSPS) is 16.7. The first-order valence-corrected chi connectivity index (χ1v) is 11.5. The molecule has 2 N–H and O–H groups in total. The van der Waals surface area contributed by atoms with Gasteiger partial charge in [-0.3, -0.25) is 4.79 Å². The number of aryl methyl sites for hydroxylation is 1. The van der Waals surface area contributed by atoms with Crippen molar-refractivity contribution in [3.63, 3.8) is 0 Å². The van der Waals surface area contributed by atoms with Crippen LogP contribution in [-0.4, -0.2) is 27.8 Å². The van der Waals surface area contributed by atoms with Gasteiger partial charge in [0.15, 0.2) is 5.78 Å². The highest BCUT2D eigenvalue weighted by Gasteiger charge is 2.27. The number of allylic oxidation sites excluding steroid dienone is 8. The molecule has 34 heavy (non-hydrogen) atoms. The molecule has 0 bridgehead atoms. The van der Waals surface area contributed by atoms with Crippen LogP contribution in [0.1, 0.15) is 42.0 Å². The summed E-state index contributed by atoms with van der Waals surface area (Å²) in [5.41, 5.74) is 6.11. The topological polar surface area (TPSA) is 59.0 Å².